The first-order valence-electron chi connectivity index (χ1n) is 6.43. The number of nitrogens with two attached hydrogens (primary N) is 1. The average Bonchev–Trinajstić information content (AvgIpc) is 2.27. The lowest BCUT2D eigenvalue weighted by Gasteiger charge is -2.21. The van der Waals surface area contributed by atoms with E-state index in [9.17, 15) is 4.79 Å². The van der Waals surface area contributed by atoms with E-state index in [1.54, 1.807) is 0 Å². The molecule has 0 fully saturated rings. The molecule has 2 atom stereocenters. The van der Waals surface area contributed by atoms with Crippen LogP contribution in [0.5, 0.6) is 0 Å². The van der Waals surface area contributed by atoms with Crippen LogP contribution in [0.25, 0.3) is 0 Å². The lowest BCUT2D eigenvalue weighted by atomic mass is 9.87. The van der Waals surface area contributed by atoms with Gasteiger partial charge in [-0.15, -0.1) is 0 Å². The topological polar surface area (TPSA) is 47.5 Å². The van der Waals surface area contributed by atoms with Crippen LogP contribution in [-0.4, -0.2) is 19.0 Å². The third kappa shape index (κ3) is 3.84. The minimum absolute atomic E-state index is 0.160. The molecule has 3 heteroatoms. The first-order chi connectivity index (χ1) is 8.21. The number of nitrogens with one attached hydrogen (secondary N) is 1. The fraction of sp³-hybridized carbons (Fsp3) is 0.533. The number of likely N-dealkylation sites (N-methyl/N-ethyl adjacent to an activating group) is 1. The van der Waals surface area contributed by atoms with Gasteiger partial charge >= 0.3 is 0 Å². The summed E-state index contributed by atoms with van der Waals surface area (Å²) in [6.07, 6.45) is 0. The van der Waals surface area contributed by atoms with Crippen molar-refractivity contribution in [3.05, 3.63) is 35.4 Å². The molecule has 1 amide bonds. The Kier molecular flexibility index (Phi) is 4.52. The van der Waals surface area contributed by atoms with Gasteiger partial charge in [0.25, 0.3) is 5.91 Å². The third-order valence-electron chi connectivity index (χ3n) is 3.47. The Morgan fingerprint density at radius 3 is 2.17 bits per heavy atom. The second-order valence-electron chi connectivity index (χ2n) is 6.09. The summed E-state index contributed by atoms with van der Waals surface area (Å²) in [6.45, 7) is 9.29. The van der Waals surface area contributed by atoms with Crippen LogP contribution in [0.1, 0.15) is 38.8 Å². The highest BCUT2D eigenvalue weighted by Gasteiger charge is 2.19. The molecule has 0 spiro atoms. The molecule has 100 valence electrons. The molecule has 1 rings (SSSR count). The molecular formula is C15H25N2O+. The van der Waals surface area contributed by atoms with E-state index in [1.165, 1.54) is 11.1 Å². The van der Waals surface area contributed by atoms with Crippen molar-refractivity contribution in [1.29, 1.82) is 0 Å². The summed E-state index contributed by atoms with van der Waals surface area (Å²) < 4.78 is 0. The zero-order chi connectivity index (χ0) is 13.9. The molecule has 0 heterocycles. The standard InChI is InChI=1S/C15H24N2O/c1-11(14(16)18)17(5)10-12-6-8-13(9-7-12)15(2,3)4/h6-9,11H,10H2,1-5H3,(H2,16,18)/p+1/t11-/m1/s1. The highest BCUT2D eigenvalue weighted by Crippen LogP contribution is 2.21. The Balaban J connectivity index is 2.73. The number of rotatable bonds is 4. The minimum Gasteiger partial charge on any atom is -0.365 e. The monoisotopic (exact) mass is 249 g/mol. The van der Waals surface area contributed by atoms with Crippen LogP contribution in [0.4, 0.5) is 0 Å². The lowest BCUT2D eigenvalue weighted by Crippen LogP contribution is -3.12. The predicted molar refractivity (Wildman–Crippen MR) is 74.4 cm³/mol. The maximum Gasteiger partial charge on any atom is 0.275 e. The fourth-order valence-electron chi connectivity index (χ4n) is 1.84. The molecule has 18 heavy (non-hydrogen) atoms. The quantitative estimate of drug-likeness (QED) is 0.817. The molecule has 0 aromatic heterocycles. The van der Waals surface area contributed by atoms with Crippen molar-refractivity contribution >= 4 is 5.91 Å². The smallest absolute Gasteiger partial charge is 0.275 e. The Morgan fingerprint density at radius 2 is 1.78 bits per heavy atom. The summed E-state index contributed by atoms with van der Waals surface area (Å²) in [4.78, 5) is 12.2. The van der Waals surface area contributed by atoms with E-state index < -0.39 is 0 Å². The average molecular weight is 249 g/mol. The second kappa shape index (κ2) is 5.53. The molecule has 0 aliphatic heterocycles. The molecule has 1 aromatic carbocycles. The zero-order valence-corrected chi connectivity index (χ0v) is 12.1. The first kappa shape index (κ1) is 14.7. The van der Waals surface area contributed by atoms with E-state index in [2.05, 4.69) is 45.0 Å². The van der Waals surface area contributed by atoms with Gasteiger partial charge in [0.05, 0.1) is 7.05 Å². The van der Waals surface area contributed by atoms with Gasteiger partial charge in [-0.25, -0.2) is 0 Å². The maximum absolute atomic E-state index is 11.1. The fourth-order valence-corrected chi connectivity index (χ4v) is 1.84. The molecule has 1 aromatic rings. The second-order valence-corrected chi connectivity index (χ2v) is 6.09. The third-order valence-corrected chi connectivity index (χ3v) is 3.47. The van der Waals surface area contributed by atoms with Crippen LogP contribution in [0.15, 0.2) is 24.3 Å². The summed E-state index contributed by atoms with van der Waals surface area (Å²) in [5.74, 6) is -0.251. The van der Waals surface area contributed by atoms with Gasteiger partial charge in [-0.3, -0.25) is 4.79 Å². The molecule has 0 aliphatic carbocycles. The van der Waals surface area contributed by atoms with Gasteiger partial charge in [-0.05, 0) is 17.9 Å². The number of hydrogen-bond acceptors (Lipinski definition) is 1. The van der Waals surface area contributed by atoms with Crippen LogP contribution in [0.3, 0.4) is 0 Å². The van der Waals surface area contributed by atoms with E-state index in [-0.39, 0.29) is 17.4 Å². The summed E-state index contributed by atoms with van der Waals surface area (Å²) in [5, 5.41) is 0. The van der Waals surface area contributed by atoms with Gasteiger partial charge in [0.15, 0.2) is 6.04 Å². The van der Waals surface area contributed by atoms with Crippen LogP contribution < -0.4 is 10.6 Å². The van der Waals surface area contributed by atoms with Crippen LogP contribution in [0.2, 0.25) is 0 Å². The molecular weight excluding hydrogens is 224 g/mol. The van der Waals surface area contributed by atoms with Crippen molar-refractivity contribution in [2.75, 3.05) is 7.05 Å². The molecule has 3 nitrogen and oxygen atoms in total. The Labute approximate surface area is 110 Å². The van der Waals surface area contributed by atoms with E-state index in [1.807, 2.05) is 14.0 Å². The number of quaternary nitrogens is 1. The number of carbonyl (C=O) groups excluding carboxylic acids is 1. The van der Waals surface area contributed by atoms with Gasteiger partial charge in [0.2, 0.25) is 0 Å². The molecule has 0 radical (unpaired) electrons. The zero-order valence-electron chi connectivity index (χ0n) is 12.1. The van der Waals surface area contributed by atoms with Gasteiger partial charge in [-0.1, -0.05) is 45.0 Å². The van der Waals surface area contributed by atoms with E-state index in [0.29, 0.717) is 0 Å². The predicted octanol–water partition coefficient (Wildman–Crippen LogP) is 0.873. The number of carbonyl (C=O) groups is 1. The van der Waals surface area contributed by atoms with Gasteiger partial charge in [0.1, 0.15) is 6.54 Å². The number of primary amides is 1. The molecule has 0 bridgehead atoms. The normalized spacial score (nSPS) is 15.2. The van der Waals surface area contributed by atoms with Crippen molar-refractivity contribution in [2.24, 2.45) is 5.73 Å². The van der Waals surface area contributed by atoms with Crippen LogP contribution in [0, 0.1) is 0 Å². The molecule has 3 N–H and O–H groups in total. The van der Waals surface area contributed by atoms with Crippen molar-refractivity contribution in [3.8, 4) is 0 Å². The molecule has 0 saturated heterocycles. The maximum atomic E-state index is 11.1. The molecule has 0 aliphatic rings. The highest BCUT2D eigenvalue weighted by atomic mass is 16.1. The summed E-state index contributed by atoms with van der Waals surface area (Å²) >= 11 is 0. The first-order valence-corrected chi connectivity index (χ1v) is 6.43. The summed E-state index contributed by atoms with van der Waals surface area (Å²) in [6, 6.07) is 8.44. The Morgan fingerprint density at radius 1 is 1.28 bits per heavy atom. The number of benzene rings is 1. The SMILES string of the molecule is C[C@H](C(N)=O)[NH+](C)Cc1ccc(C(C)(C)C)cc1. The van der Waals surface area contributed by atoms with Crippen molar-refractivity contribution in [1.82, 2.24) is 0 Å². The van der Waals surface area contributed by atoms with Crippen LogP contribution in [-0.2, 0) is 16.8 Å². The van der Waals surface area contributed by atoms with Crippen molar-refractivity contribution in [2.45, 2.75) is 45.7 Å². The van der Waals surface area contributed by atoms with Gasteiger partial charge in [-0.2, -0.15) is 0 Å². The van der Waals surface area contributed by atoms with Gasteiger partial charge in [0, 0.05) is 5.56 Å². The van der Waals surface area contributed by atoms with Crippen molar-refractivity contribution < 1.29 is 9.69 Å². The van der Waals surface area contributed by atoms with E-state index in [0.717, 1.165) is 11.4 Å². The summed E-state index contributed by atoms with van der Waals surface area (Å²) in [7, 11) is 1.99. The minimum atomic E-state index is -0.251. The Bertz CT molecular complexity index is 403. The Hall–Kier alpha value is -1.35. The van der Waals surface area contributed by atoms with E-state index >= 15 is 0 Å². The largest absolute Gasteiger partial charge is 0.365 e. The highest BCUT2D eigenvalue weighted by molar-refractivity contribution is 5.77. The van der Waals surface area contributed by atoms with Gasteiger partial charge < -0.3 is 10.6 Å². The molecule has 0 saturated carbocycles. The number of amides is 1. The number of hydrogen-bond donors (Lipinski definition) is 2. The molecule has 1 unspecified atom stereocenters. The van der Waals surface area contributed by atoms with Crippen molar-refractivity contribution in [3.63, 3.8) is 0 Å². The summed E-state index contributed by atoms with van der Waals surface area (Å²) in [5.41, 5.74) is 8.05. The van der Waals surface area contributed by atoms with E-state index in [4.69, 9.17) is 5.73 Å². The lowest BCUT2D eigenvalue weighted by molar-refractivity contribution is -0.908. The van der Waals surface area contributed by atoms with Crippen LogP contribution >= 0.6 is 0 Å².